The average Bonchev–Trinajstić information content (AvgIpc) is 2.70. The van der Waals surface area contributed by atoms with Crippen molar-refractivity contribution in [1.82, 2.24) is 0 Å². The Hall–Kier alpha value is -2.30. The summed E-state index contributed by atoms with van der Waals surface area (Å²) >= 11 is 0. The summed E-state index contributed by atoms with van der Waals surface area (Å²) in [6, 6.07) is 0. The number of hydrogen-bond donors (Lipinski definition) is 1. The number of aliphatic hydroxyl groups excluding tert-OH is 1. The highest BCUT2D eigenvalue weighted by atomic mass is 19.4. The van der Waals surface area contributed by atoms with Crippen molar-refractivity contribution in [3.8, 4) is 0 Å². The largest absolute Gasteiger partial charge is 0.460 e. The van der Waals surface area contributed by atoms with Crippen molar-refractivity contribution in [2.24, 2.45) is 0 Å². The molecule has 0 radical (unpaired) electrons. The molecule has 3 nitrogen and oxygen atoms in total. The lowest BCUT2D eigenvalue weighted by atomic mass is 9.85. The Morgan fingerprint density at radius 2 is 0.769 bits per heavy atom. The zero-order valence-corrected chi connectivity index (χ0v) is 17.5. The lowest BCUT2D eigenvalue weighted by Gasteiger charge is -2.44. The Kier molecular flexibility index (Phi) is 8.83. The molecule has 0 spiro atoms. The van der Waals surface area contributed by atoms with Crippen molar-refractivity contribution >= 4 is 5.97 Å². The zero-order valence-electron chi connectivity index (χ0n) is 17.5. The van der Waals surface area contributed by atoms with Gasteiger partial charge < -0.3 is 9.84 Å². The van der Waals surface area contributed by atoms with E-state index in [-0.39, 0.29) is 0 Å². The van der Waals surface area contributed by atoms with E-state index in [1.807, 2.05) is 0 Å². The lowest BCUT2D eigenvalue weighted by Crippen LogP contribution is -2.77. The molecular formula is C15H7F21O3. The van der Waals surface area contributed by atoms with E-state index in [0.29, 0.717) is 6.92 Å². The molecule has 1 unspecified atom stereocenters. The van der Waals surface area contributed by atoms with E-state index in [4.69, 9.17) is 5.11 Å². The Morgan fingerprint density at radius 3 is 1.00 bits per heavy atom. The third-order valence-electron chi connectivity index (χ3n) is 4.41. The molecule has 1 atom stereocenters. The quantitative estimate of drug-likeness (QED) is 0.119. The maximum atomic E-state index is 13.7. The molecule has 39 heavy (non-hydrogen) atoms. The van der Waals surface area contributed by atoms with Crippen LogP contribution >= 0.6 is 0 Å². The number of halogens is 21. The van der Waals surface area contributed by atoms with Gasteiger partial charge in [0.25, 0.3) is 0 Å². The van der Waals surface area contributed by atoms with Crippen molar-refractivity contribution in [2.75, 3.05) is 0 Å². The summed E-state index contributed by atoms with van der Waals surface area (Å²) in [5.74, 6) is -82.1. The minimum atomic E-state index is -9.29. The highest BCUT2D eigenvalue weighted by molar-refractivity contribution is 5.90. The van der Waals surface area contributed by atoms with Crippen LogP contribution < -0.4 is 0 Å². The summed E-state index contributed by atoms with van der Waals surface area (Å²) in [7, 11) is 0. The number of carbonyl (C=O) groups excluding carboxylic acids is 1. The monoisotopic (exact) mass is 634 g/mol. The summed E-state index contributed by atoms with van der Waals surface area (Å²) in [5.41, 5.74) is -3.43. The standard InChI is InChI=1S/C15H7F21O3/c1-3(5(38)39-4(2)37)6(16,17)7(18,19)8(20,21)9(22,23)10(24,25)11(26,27)12(28,29)13(30,31)14(32,33)15(34,35)36/h4,37H,1H2,2H3. The fourth-order valence-electron chi connectivity index (χ4n) is 2.10. The number of hydrogen-bond acceptors (Lipinski definition) is 3. The minimum absolute atomic E-state index is 0.311. The summed E-state index contributed by atoms with van der Waals surface area (Å²) < 4.78 is 281. The fourth-order valence-corrected chi connectivity index (χ4v) is 2.10. The van der Waals surface area contributed by atoms with E-state index in [0.717, 1.165) is 0 Å². The Bertz CT molecular complexity index is 945. The van der Waals surface area contributed by atoms with Crippen LogP contribution in [0, 0.1) is 0 Å². The smallest absolute Gasteiger partial charge is 0.433 e. The Morgan fingerprint density at radius 1 is 0.538 bits per heavy atom. The normalized spacial score (nSPS) is 16.7. The molecule has 0 aromatic rings. The SMILES string of the molecule is C=C(C(=O)OC(C)O)C(F)(F)C(F)(F)C(F)(F)C(F)(F)C(F)(F)C(F)(F)C(F)(F)C(F)(F)C(F)(F)C(F)(F)F. The predicted octanol–water partition coefficient (Wildman–Crippen LogP) is 6.70. The maximum absolute atomic E-state index is 13.7. The van der Waals surface area contributed by atoms with Gasteiger partial charge in [0.15, 0.2) is 6.29 Å². The van der Waals surface area contributed by atoms with E-state index in [1.165, 1.54) is 0 Å². The maximum Gasteiger partial charge on any atom is 0.460 e. The number of ether oxygens (including phenoxy) is 1. The molecule has 0 amide bonds. The molecule has 0 aromatic heterocycles. The molecule has 0 saturated carbocycles. The van der Waals surface area contributed by atoms with Crippen LogP contribution in [-0.2, 0) is 9.53 Å². The van der Waals surface area contributed by atoms with Gasteiger partial charge in [-0.2, -0.15) is 92.2 Å². The second-order valence-corrected chi connectivity index (χ2v) is 7.15. The molecule has 0 fully saturated rings. The van der Waals surface area contributed by atoms with E-state index in [9.17, 15) is 97.0 Å². The molecular weight excluding hydrogens is 627 g/mol. The summed E-state index contributed by atoms with van der Waals surface area (Å²) in [6.45, 7) is 1.95. The predicted molar refractivity (Wildman–Crippen MR) is 77.5 cm³/mol. The lowest BCUT2D eigenvalue weighted by molar-refractivity contribution is -0.473. The van der Waals surface area contributed by atoms with Crippen molar-refractivity contribution in [3.05, 3.63) is 12.2 Å². The van der Waals surface area contributed by atoms with Crippen LogP contribution in [-0.4, -0.2) is 76.8 Å². The molecule has 0 aromatic carbocycles. The van der Waals surface area contributed by atoms with Crippen LogP contribution in [0.4, 0.5) is 92.2 Å². The molecule has 0 aliphatic rings. The Balaban J connectivity index is 7.11. The summed E-state index contributed by atoms with van der Waals surface area (Å²) in [4.78, 5) is 11.1. The van der Waals surface area contributed by atoms with E-state index >= 15 is 0 Å². The first-order valence-electron chi connectivity index (χ1n) is 8.55. The van der Waals surface area contributed by atoms with Gasteiger partial charge in [-0.05, 0) is 6.92 Å². The summed E-state index contributed by atoms with van der Waals surface area (Å²) in [5, 5.41) is 8.55. The number of esters is 1. The highest BCUT2D eigenvalue weighted by Crippen LogP contribution is 2.66. The first kappa shape index (κ1) is 36.7. The van der Waals surface area contributed by atoms with Crippen molar-refractivity contribution in [1.29, 1.82) is 0 Å². The number of carbonyl (C=O) groups is 1. The van der Waals surface area contributed by atoms with Gasteiger partial charge in [-0.25, -0.2) is 4.79 Å². The van der Waals surface area contributed by atoms with Crippen LogP contribution in [0.5, 0.6) is 0 Å². The molecule has 0 rings (SSSR count). The van der Waals surface area contributed by atoms with Gasteiger partial charge in [-0.3, -0.25) is 0 Å². The second kappa shape index (κ2) is 9.38. The van der Waals surface area contributed by atoms with E-state index in [2.05, 4.69) is 4.74 Å². The third-order valence-corrected chi connectivity index (χ3v) is 4.41. The number of rotatable bonds is 11. The molecule has 0 aliphatic heterocycles. The van der Waals surface area contributed by atoms with Crippen molar-refractivity contribution in [2.45, 2.75) is 72.7 Å². The second-order valence-electron chi connectivity index (χ2n) is 7.15. The van der Waals surface area contributed by atoms with Gasteiger partial charge in [0.2, 0.25) is 0 Å². The Labute approximate surface area is 199 Å². The van der Waals surface area contributed by atoms with Crippen LogP contribution in [0.2, 0.25) is 0 Å². The van der Waals surface area contributed by atoms with Gasteiger partial charge in [0, 0.05) is 0 Å². The molecule has 0 bridgehead atoms. The first-order valence-corrected chi connectivity index (χ1v) is 8.55. The van der Waals surface area contributed by atoms with Gasteiger partial charge in [-0.15, -0.1) is 0 Å². The first-order chi connectivity index (χ1) is 16.5. The average molecular weight is 634 g/mol. The highest BCUT2D eigenvalue weighted by Gasteiger charge is 2.98. The van der Waals surface area contributed by atoms with Crippen LogP contribution in [0.25, 0.3) is 0 Å². The minimum Gasteiger partial charge on any atom is -0.433 e. The number of aliphatic hydroxyl groups is 1. The van der Waals surface area contributed by atoms with Crippen molar-refractivity contribution in [3.63, 3.8) is 0 Å². The topological polar surface area (TPSA) is 46.5 Å². The zero-order chi connectivity index (χ0) is 32.4. The summed E-state index contributed by atoms with van der Waals surface area (Å²) in [6.07, 6.45) is -10.7. The van der Waals surface area contributed by atoms with E-state index in [1.54, 1.807) is 6.58 Å². The third kappa shape index (κ3) is 4.72. The fraction of sp³-hybridized carbons (Fsp3) is 0.800. The molecule has 0 saturated heterocycles. The van der Waals surface area contributed by atoms with Crippen molar-refractivity contribution < 1.29 is 107 Å². The van der Waals surface area contributed by atoms with E-state index < -0.39 is 77.3 Å². The van der Waals surface area contributed by atoms with Crippen LogP contribution in [0.3, 0.4) is 0 Å². The van der Waals surface area contributed by atoms with Gasteiger partial charge in [0.1, 0.15) is 5.57 Å². The van der Waals surface area contributed by atoms with Crippen LogP contribution in [0.15, 0.2) is 12.2 Å². The molecule has 0 aliphatic carbocycles. The number of alkyl halides is 21. The van der Waals surface area contributed by atoms with Crippen LogP contribution in [0.1, 0.15) is 6.92 Å². The molecule has 232 valence electrons. The molecule has 0 heterocycles. The van der Waals surface area contributed by atoms with Gasteiger partial charge in [0.05, 0.1) is 0 Å². The van der Waals surface area contributed by atoms with Gasteiger partial charge >= 0.3 is 65.4 Å². The van der Waals surface area contributed by atoms with Gasteiger partial charge in [-0.1, -0.05) is 6.58 Å². The molecule has 1 N–H and O–H groups in total. The molecule has 24 heteroatoms.